The van der Waals surface area contributed by atoms with Crippen LogP contribution in [0.4, 0.5) is 5.69 Å². The van der Waals surface area contributed by atoms with Gasteiger partial charge in [-0.1, -0.05) is 19.1 Å². The maximum Gasteiger partial charge on any atom is 0.142 e. The molecule has 0 amide bonds. The molecule has 1 heterocycles. The zero-order chi connectivity index (χ0) is 13.5. The molecule has 1 atom stereocenters. The second-order valence-corrected chi connectivity index (χ2v) is 5.14. The molecule has 0 aromatic heterocycles. The molecule has 1 unspecified atom stereocenters. The molecule has 3 heteroatoms. The topological polar surface area (TPSA) is 24.5 Å². The Balaban J connectivity index is 2.04. The van der Waals surface area contributed by atoms with Crippen LogP contribution in [0.1, 0.15) is 33.1 Å². The van der Waals surface area contributed by atoms with Crippen molar-refractivity contribution in [3.8, 4) is 5.75 Å². The van der Waals surface area contributed by atoms with E-state index in [-0.39, 0.29) is 0 Å². The largest absolute Gasteiger partial charge is 0.492 e. The molecule has 1 fully saturated rings. The first-order valence-corrected chi connectivity index (χ1v) is 7.55. The molecule has 1 saturated heterocycles. The molecule has 1 aromatic carbocycles. The van der Waals surface area contributed by atoms with Crippen LogP contribution in [0.5, 0.6) is 5.75 Å². The van der Waals surface area contributed by atoms with Crippen molar-refractivity contribution >= 4 is 5.69 Å². The molecule has 1 N–H and O–H groups in total. The SMILES string of the molecule is CCCNC1CCCN(c2ccccc2OCC)C1. The van der Waals surface area contributed by atoms with Gasteiger partial charge in [-0.05, 0) is 44.9 Å². The Hall–Kier alpha value is -1.22. The lowest BCUT2D eigenvalue weighted by atomic mass is 10.0. The van der Waals surface area contributed by atoms with Crippen LogP contribution in [0.25, 0.3) is 0 Å². The molecule has 0 radical (unpaired) electrons. The highest BCUT2D eigenvalue weighted by Gasteiger charge is 2.21. The average molecular weight is 262 g/mol. The lowest BCUT2D eigenvalue weighted by molar-refractivity contribution is 0.338. The first-order valence-electron chi connectivity index (χ1n) is 7.55. The van der Waals surface area contributed by atoms with Crippen molar-refractivity contribution in [2.45, 2.75) is 39.2 Å². The van der Waals surface area contributed by atoms with E-state index in [1.54, 1.807) is 0 Å². The van der Waals surface area contributed by atoms with Gasteiger partial charge in [0.15, 0.2) is 0 Å². The van der Waals surface area contributed by atoms with Gasteiger partial charge in [0.1, 0.15) is 5.75 Å². The van der Waals surface area contributed by atoms with Crippen molar-refractivity contribution in [3.05, 3.63) is 24.3 Å². The molecular weight excluding hydrogens is 236 g/mol. The van der Waals surface area contributed by atoms with Crippen molar-refractivity contribution in [2.24, 2.45) is 0 Å². The number of para-hydroxylation sites is 2. The van der Waals surface area contributed by atoms with Gasteiger partial charge in [0.2, 0.25) is 0 Å². The molecule has 3 nitrogen and oxygen atoms in total. The zero-order valence-corrected chi connectivity index (χ0v) is 12.2. The summed E-state index contributed by atoms with van der Waals surface area (Å²) < 4.78 is 5.74. The molecular formula is C16H26N2O. The molecule has 1 aliphatic rings. The van der Waals surface area contributed by atoms with Gasteiger partial charge in [-0.15, -0.1) is 0 Å². The van der Waals surface area contributed by atoms with Gasteiger partial charge in [0.25, 0.3) is 0 Å². The summed E-state index contributed by atoms with van der Waals surface area (Å²) in [5.41, 5.74) is 1.24. The Morgan fingerprint density at radius 2 is 2.16 bits per heavy atom. The van der Waals surface area contributed by atoms with Crippen LogP contribution in [-0.4, -0.2) is 32.3 Å². The van der Waals surface area contributed by atoms with Crippen LogP contribution in [0.15, 0.2) is 24.3 Å². The van der Waals surface area contributed by atoms with E-state index in [4.69, 9.17) is 4.74 Å². The molecule has 0 aliphatic carbocycles. The number of rotatable bonds is 6. The van der Waals surface area contributed by atoms with Crippen molar-refractivity contribution in [2.75, 3.05) is 31.1 Å². The Morgan fingerprint density at radius 3 is 2.95 bits per heavy atom. The second-order valence-electron chi connectivity index (χ2n) is 5.14. The summed E-state index contributed by atoms with van der Waals surface area (Å²) in [5, 5.41) is 3.64. The van der Waals surface area contributed by atoms with Crippen molar-refractivity contribution in [1.29, 1.82) is 0 Å². The van der Waals surface area contributed by atoms with E-state index >= 15 is 0 Å². The molecule has 106 valence electrons. The third-order valence-electron chi connectivity index (χ3n) is 3.61. The first kappa shape index (κ1) is 14.2. The predicted molar refractivity (Wildman–Crippen MR) is 81.1 cm³/mol. The number of nitrogens with one attached hydrogen (secondary N) is 1. The lowest BCUT2D eigenvalue weighted by Gasteiger charge is -2.35. The molecule has 2 rings (SSSR count). The summed E-state index contributed by atoms with van der Waals surface area (Å²) in [7, 11) is 0. The van der Waals surface area contributed by atoms with Gasteiger partial charge in [-0.25, -0.2) is 0 Å². The van der Waals surface area contributed by atoms with E-state index in [0.717, 1.165) is 32.0 Å². The van der Waals surface area contributed by atoms with Crippen LogP contribution in [0, 0.1) is 0 Å². The Labute approximate surface area is 116 Å². The number of anilines is 1. The highest BCUT2D eigenvalue weighted by molar-refractivity contribution is 5.58. The van der Waals surface area contributed by atoms with Gasteiger partial charge < -0.3 is 15.0 Å². The van der Waals surface area contributed by atoms with E-state index in [1.807, 2.05) is 13.0 Å². The third-order valence-corrected chi connectivity index (χ3v) is 3.61. The van der Waals surface area contributed by atoms with E-state index in [1.165, 1.54) is 24.9 Å². The summed E-state index contributed by atoms with van der Waals surface area (Å²) in [4.78, 5) is 2.46. The molecule has 0 bridgehead atoms. The minimum absolute atomic E-state index is 0.614. The molecule has 0 spiro atoms. The standard InChI is InChI=1S/C16H26N2O/c1-3-11-17-14-8-7-12-18(13-14)15-9-5-6-10-16(15)19-4-2/h5-6,9-10,14,17H,3-4,7-8,11-13H2,1-2H3. The summed E-state index contributed by atoms with van der Waals surface area (Å²) in [6.07, 6.45) is 3.74. The van der Waals surface area contributed by atoms with Crippen LogP contribution in [0.3, 0.4) is 0 Å². The highest BCUT2D eigenvalue weighted by Crippen LogP contribution is 2.30. The lowest BCUT2D eigenvalue weighted by Crippen LogP contribution is -2.46. The van der Waals surface area contributed by atoms with Gasteiger partial charge in [-0.2, -0.15) is 0 Å². The Bertz CT molecular complexity index is 381. The minimum Gasteiger partial charge on any atom is -0.492 e. The zero-order valence-electron chi connectivity index (χ0n) is 12.2. The summed E-state index contributed by atoms with van der Waals surface area (Å²) in [6.45, 7) is 8.32. The predicted octanol–water partition coefficient (Wildman–Crippen LogP) is 3.05. The number of piperidine rings is 1. The summed E-state index contributed by atoms with van der Waals surface area (Å²) in [5.74, 6) is 1.01. The minimum atomic E-state index is 0.614. The van der Waals surface area contributed by atoms with Crippen LogP contribution in [-0.2, 0) is 0 Å². The normalized spacial score (nSPS) is 19.5. The highest BCUT2D eigenvalue weighted by atomic mass is 16.5. The van der Waals surface area contributed by atoms with Gasteiger partial charge >= 0.3 is 0 Å². The van der Waals surface area contributed by atoms with Gasteiger partial charge in [0.05, 0.1) is 12.3 Å². The van der Waals surface area contributed by atoms with Crippen LogP contribution < -0.4 is 15.0 Å². The smallest absolute Gasteiger partial charge is 0.142 e. The van der Waals surface area contributed by atoms with Gasteiger partial charge in [0, 0.05) is 19.1 Å². The van der Waals surface area contributed by atoms with Crippen molar-refractivity contribution in [1.82, 2.24) is 5.32 Å². The summed E-state index contributed by atoms with van der Waals surface area (Å²) >= 11 is 0. The van der Waals surface area contributed by atoms with Crippen molar-refractivity contribution < 1.29 is 4.74 Å². The van der Waals surface area contributed by atoms with Crippen LogP contribution >= 0.6 is 0 Å². The second kappa shape index (κ2) is 7.39. The maximum atomic E-state index is 5.74. The number of benzene rings is 1. The maximum absolute atomic E-state index is 5.74. The van der Waals surface area contributed by atoms with Crippen LogP contribution in [0.2, 0.25) is 0 Å². The first-order chi connectivity index (χ1) is 9.35. The monoisotopic (exact) mass is 262 g/mol. The van der Waals surface area contributed by atoms with Crippen molar-refractivity contribution in [3.63, 3.8) is 0 Å². The number of nitrogens with zero attached hydrogens (tertiary/aromatic N) is 1. The average Bonchev–Trinajstić information content (AvgIpc) is 2.46. The molecule has 1 aromatic rings. The van der Waals surface area contributed by atoms with E-state index in [0.29, 0.717) is 6.04 Å². The fourth-order valence-electron chi connectivity index (χ4n) is 2.71. The third kappa shape index (κ3) is 3.87. The number of hydrogen-bond acceptors (Lipinski definition) is 3. The van der Waals surface area contributed by atoms with E-state index < -0.39 is 0 Å². The fourth-order valence-corrected chi connectivity index (χ4v) is 2.71. The molecule has 0 saturated carbocycles. The fraction of sp³-hybridized carbons (Fsp3) is 0.625. The molecule has 19 heavy (non-hydrogen) atoms. The quantitative estimate of drug-likeness (QED) is 0.853. The Kier molecular flexibility index (Phi) is 5.52. The number of hydrogen-bond donors (Lipinski definition) is 1. The van der Waals surface area contributed by atoms with E-state index in [9.17, 15) is 0 Å². The summed E-state index contributed by atoms with van der Waals surface area (Å²) in [6, 6.07) is 9.00. The van der Waals surface area contributed by atoms with E-state index in [2.05, 4.69) is 35.3 Å². The Morgan fingerprint density at radius 1 is 1.32 bits per heavy atom. The van der Waals surface area contributed by atoms with Gasteiger partial charge in [-0.3, -0.25) is 0 Å². The number of ether oxygens (including phenoxy) is 1. The molecule has 1 aliphatic heterocycles.